The third-order valence-corrected chi connectivity index (χ3v) is 2.91. The number of esters is 1. The molecule has 0 saturated carbocycles. The summed E-state index contributed by atoms with van der Waals surface area (Å²) in [6.07, 6.45) is 0.878. The maximum absolute atomic E-state index is 10.8. The number of ether oxygens (including phenoxy) is 1. The molecule has 0 radical (unpaired) electrons. The number of hydrogen-bond acceptors (Lipinski definition) is 4. The first-order valence-electron chi connectivity index (χ1n) is 6.50. The zero-order chi connectivity index (χ0) is 14.4. The van der Waals surface area contributed by atoms with Crippen LogP contribution in [0.15, 0.2) is 54.6 Å². The Morgan fingerprint density at radius 1 is 1.10 bits per heavy atom. The second kappa shape index (κ2) is 6.73. The molecule has 2 aromatic carbocycles. The van der Waals surface area contributed by atoms with Crippen LogP contribution in [-0.2, 0) is 11.2 Å². The van der Waals surface area contributed by atoms with Gasteiger partial charge in [0.25, 0.3) is 0 Å². The third kappa shape index (κ3) is 4.10. The first-order chi connectivity index (χ1) is 9.65. The largest absolute Gasteiger partial charge is 0.427 e. The van der Waals surface area contributed by atoms with E-state index >= 15 is 0 Å². The second-order valence-electron chi connectivity index (χ2n) is 4.52. The highest BCUT2D eigenvalue weighted by Crippen LogP contribution is 2.18. The van der Waals surface area contributed by atoms with Gasteiger partial charge in [0.15, 0.2) is 0 Å². The number of benzene rings is 2. The molecule has 0 bridgehead atoms. The van der Waals surface area contributed by atoms with Crippen LogP contribution in [0.4, 0.5) is 5.69 Å². The molecule has 0 unspecified atom stereocenters. The Labute approximate surface area is 118 Å². The summed E-state index contributed by atoms with van der Waals surface area (Å²) in [6.45, 7) is 2.10. The van der Waals surface area contributed by atoms with E-state index in [2.05, 4.69) is 12.1 Å². The number of carbonyl (C=O) groups is 1. The van der Waals surface area contributed by atoms with E-state index in [1.807, 2.05) is 30.3 Å². The number of nitrogens with two attached hydrogens (primary N) is 1. The predicted molar refractivity (Wildman–Crippen MR) is 79.4 cm³/mol. The molecule has 4 nitrogen and oxygen atoms in total. The minimum atomic E-state index is -0.327. The first kappa shape index (κ1) is 14.1. The summed E-state index contributed by atoms with van der Waals surface area (Å²) in [7, 11) is 0. The van der Waals surface area contributed by atoms with Gasteiger partial charge in [-0.1, -0.05) is 30.3 Å². The fraction of sp³-hybridized carbons (Fsp3) is 0.188. The topological polar surface area (TPSA) is 55.6 Å². The van der Waals surface area contributed by atoms with Crippen LogP contribution in [0.1, 0.15) is 12.5 Å². The Kier molecular flexibility index (Phi) is 4.74. The molecule has 2 aromatic rings. The van der Waals surface area contributed by atoms with Crippen molar-refractivity contribution in [3.05, 3.63) is 60.2 Å². The summed E-state index contributed by atoms with van der Waals surface area (Å²) in [5.74, 6) is 6.22. The van der Waals surface area contributed by atoms with E-state index in [-0.39, 0.29) is 5.97 Å². The summed E-state index contributed by atoms with van der Waals surface area (Å²) >= 11 is 0. The smallest absolute Gasteiger partial charge is 0.308 e. The van der Waals surface area contributed by atoms with Crippen molar-refractivity contribution >= 4 is 11.7 Å². The highest BCUT2D eigenvalue weighted by molar-refractivity contribution is 5.69. The van der Waals surface area contributed by atoms with Crippen LogP contribution in [0.3, 0.4) is 0 Å². The van der Waals surface area contributed by atoms with Crippen molar-refractivity contribution in [2.24, 2.45) is 5.84 Å². The third-order valence-electron chi connectivity index (χ3n) is 2.91. The minimum Gasteiger partial charge on any atom is -0.427 e. The summed E-state index contributed by atoms with van der Waals surface area (Å²) in [5, 5.41) is 1.69. The summed E-state index contributed by atoms with van der Waals surface area (Å²) in [6, 6.07) is 17.3. The molecule has 0 aliphatic carbocycles. The van der Waals surface area contributed by atoms with Gasteiger partial charge < -0.3 is 9.75 Å². The molecule has 0 amide bonds. The molecule has 0 atom stereocenters. The van der Waals surface area contributed by atoms with Crippen LogP contribution in [0.25, 0.3) is 0 Å². The van der Waals surface area contributed by atoms with Gasteiger partial charge in [-0.3, -0.25) is 4.79 Å². The van der Waals surface area contributed by atoms with E-state index in [0.717, 1.165) is 18.7 Å². The molecule has 0 fully saturated rings. The monoisotopic (exact) mass is 270 g/mol. The van der Waals surface area contributed by atoms with Crippen molar-refractivity contribution in [1.82, 2.24) is 0 Å². The van der Waals surface area contributed by atoms with Crippen LogP contribution < -0.4 is 15.6 Å². The van der Waals surface area contributed by atoms with E-state index in [9.17, 15) is 4.79 Å². The fourth-order valence-corrected chi connectivity index (χ4v) is 1.89. The van der Waals surface area contributed by atoms with Crippen LogP contribution >= 0.6 is 0 Å². The number of anilines is 1. The van der Waals surface area contributed by atoms with Crippen molar-refractivity contribution in [2.45, 2.75) is 13.3 Å². The van der Waals surface area contributed by atoms with E-state index in [0.29, 0.717) is 5.75 Å². The molecule has 2 N–H and O–H groups in total. The number of rotatable bonds is 5. The summed E-state index contributed by atoms with van der Waals surface area (Å²) < 4.78 is 4.98. The van der Waals surface area contributed by atoms with E-state index in [1.54, 1.807) is 17.1 Å². The molecule has 20 heavy (non-hydrogen) atoms. The van der Waals surface area contributed by atoms with Crippen LogP contribution in [0.5, 0.6) is 5.75 Å². The molecular formula is C16H18N2O2. The number of hydrazine groups is 1. The molecule has 104 valence electrons. The van der Waals surface area contributed by atoms with Crippen molar-refractivity contribution in [3.8, 4) is 5.75 Å². The lowest BCUT2D eigenvalue weighted by molar-refractivity contribution is -0.131. The van der Waals surface area contributed by atoms with E-state index in [1.165, 1.54) is 12.5 Å². The summed E-state index contributed by atoms with van der Waals surface area (Å²) in [4.78, 5) is 10.8. The Morgan fingerprint density at radius 2 is 1.75 bits per heavy atom. The van der Waals surface area contributed by atoms with Gasteiger partial charge in [-0.05, 0) is 36.2 Å². The van der Waals surface area contributed by atoms with Crippen LogP contribution in [0, 0.1) is 0 Å². The zero-order valence-corrected chi connectivity index (χ0v) is 11.5. The quantitative estimate of drug-likeness (QED) is 0.392. The molecule has 0 saturated heterocycles. The highest BCUT2D eigenvalue weighted by Gasteiger charge is 2.03. The van der Waals surface area contributed by atoms with Gasteiger partial charge in [-0.2, -0.15) is 0 Å². The second-order valence-corrected chi connectivity index (χ2v) is 4.52. The Hall–Kier alpha value is -2.33. The Balaban J connectivity index is 1.92. The molecule has 0 aliphatic heterocycles. The maximum atomic E-state index is 10.8. The average molecular weight is 270 g/mol. The predicted octanol–water partition coefficient (Wildman–Crippen LogP) is 2.53. The number of hydrogen-bond donors (Lipinski definition) is 1. The van der Waals surface area contributed by atoms with E-state index in [4.69, 9.17) is 10.6 Å². The molecule has 0 spiro atoms. The highest BCUT2D eigenvalue weighted by atomic mass is 16.5. The zero-order valence-electron chi connectivity index (χ0n) is 11.5. The number of carbonyl (C=O) groups excluding carboxylic acids is 1. The van der Waals surface area contributed by atoms with Gasteiger partial charge in [0, 0.05) is 13.5 Å². The van der Waals surface area contributed by atoms with Crippen LogP contribution in [0.2, 0.25) is 0 Å². The Morgan fingerprint density at radius 3 is 2.35 bits per heavy atom. The average Bonchev–Trinajstić information content (AvgIpc) is 2.46. The lowest BCUT2D eigenvalue weighted by Gasteiger charge is -2.18. The van der Waals surface area contributed by atoms with Gasteiger partial charge in [0.05, 0.1) is 5.69 Å². The Bertz CT molecular complexity index is 552. The van der Waals surface area contributed by atoms with Gasteiger partial charge in [0.1, 0.15) is 5.75 Å². The minimum absolute atomic E-state index is 0.327. The first-order valence-corrected chi connectivity index (χ1v) is 6.50. The normalized spacial score (nSPS) is 10.1. The van der Waals surface area contributed by atoms with Crippen molar-refractivity contribution in [3.63, 3.8) is 0 Å². The van der Waals surface area contributed by atoms with Crippen molar-refractivity contribution in [1.29, 1.82) is 0 Å². The number of nitrogens with zero attached hydrogens (tertiary/aromatic N) is 1. The lowest BCUT2D eigenvalue weighted by atomic mass is 10.1. The molecule has 0 heterocycles. The lowest BCUT2D eigenvalue weighted by Crippen LogP contribution is -2.32. The van der Waals surface area contributed by atoms with Crippen molar-refractivity contribution in [2.75, 3.05) is 11.6 Å². The van der Waals surface area contributed by atoms with Gasteiger partial charge >= 0.3 is 5.97 Å². The van der Waals surface area contributed by atoms with Crippen LogP contribution in [-0.4, -0.2) is 12.5 Å². The van der Waals surface area contributed by atoms with Crippen molar-refractivity contribution < 1.29 is 9.53 Å². The molecular weight excluding hydrogens is 252 g/mol. The molecule has 4 heteroatoms. The summed E-state index contributed by atoms with van der Waals surface area (Å²) in [5.41, 5.74) is 2.14. The van der Waals surface area contributed by atoms with E-state index < -0.39 is 0 Å². The van der Waals surface area contributed by atoms with Gasteiger partial charge in [0.2, 0.25) is 0 Å². The molecule has 0 aromatic heterocycles. The molecule has 0 aliphatic rings. The van der Waals surface area contributed by atoms with Gasteiger partial charge in [-0.15, -0.1) is 0 Å². The maximum Gasteiger partial charge on any atom is 0.308 e. The van der Waals surface area contributed by atoms with Gasteiger partial charge in [-0.25, -0.2) is 5.84 Å². The standard InChI is InChI=1S/C16H18N2O2/c1-13(19)20-16-9-7-15(8-10-16)18(17)12-11-14-5-3-2-4-6-14/h2-10H,11-12,17H2,1H3. The molecule has 2 rings (SSSR count). The fourth-order valence-electron chi connectivity index (χ4n) is 1.89. The SMILES string of the molecule is CC(=O)Oc1ccc(N(N)CCc2ccccc2)cc1.